The standard InChI is InChI=1S/C8H19O4P/c1-3-5-7-11-13(9,10)12-8-6-4-2/h3-8H2,1-2H3,(H,9,10)/p-1. The summed E-state index contributed by atoms with van der Waals surface area (Å²) in [5, 5.41) is 0. The van der Waals surface area contributed by atoms with Crippen molar-refractivity contribution >= 4 is 7.82 Å². The Morgan fingerprint density at radius 2 is 1.46 bits per heavy atom. The third-order valence-electron chi connectivity index (χ3n) is 1.49. The van der Waals surface area contributed by atoms with Crippen molar-refractivity contribution in [3.8, 4) is 0 Å². The van der Waals surface area contributed by atoms with Crippen LogP contribution in [-0.2, 0) is 13.6 Å². The van der Waals surface area contributed by atoms with Crippen molar-refractivity contribution < 1.29 is 18.5 Å². The van der Waals surface area contributed by atoms with Crippen molar-refractivity contribution in [2.75, 3.05) is 13.2 Å². The number of phosphoric acid groups is 1. The van der Waals surface area contributed by atoms with Crippen LogP contribution in [0, 0.1) is 0 Å². The first-order valence-corrected chi connectivity index (χ1v) is 6.18. The summed E-state index contributed by atoms with van der Waals surface area (Å²) in [4.78, 5) is 11.0. The molecule has 0 amide bonds. The molecular weight excluding hydrogens is 191 g/mol. The lowest BCUT2D eigenvalue weighted by atomic mass is 10.4. The van der Waals surface area contributed by atoms with Crippen LogP contribution in [0.2, 0.25) is 0 Å². The van der Waals surface area contributed by atoms with Gasteiger partial charge >= 0.3 is 0 Å². The van der Waals surface area contributed by atoms with Gasteiger partial charge in [0.25, 0.3) is 7.82 Å². The molecule has 0 radical (unpaired) electrons. The minimum absolute atomic E-state index is 0.226. The van der Waals surface area contributed by atoms with Gasteiger partial charge in [0, 0.05) is 0 Å². The van der Waals surface area contributed by atoms with Gasteiger partial charge in [-0.15, -0.1) is 0 Å². The number of unbranched alkanes of at least 4 members (excludes halogenated alkanes) is 2. The summed E-state index contributed by atoms with van der Waals surface area (Å²) in [5.74, 6) is 0. The van der Waals surface area contributed by atoms with Crippen molar-refractivity contribution in [3.63, 3.8) is 0 Å². The monoisotopic (exact) mass is 209 g/mol. The van der Waals surface area contributed by atoms with Crippen LogP contribution in [0.5, 0.6) is 0 Å². The molecule has 0 aromatic carbocycles. The van der Waals surface area contributed by atoms with Crippen molar-refractivity contribution in [2.24, 2.45) is 0 Å². The topological polar surface area (TPSA) is 58.6 Å². The molecule has 0 unspecified atom stereocenters. The fourth-order valence-electron chi connectivity index (χ4n) is 0.679. The highest BCUT2D eigenvalue weighted by Gasteiger charge is 2.07. The predicted molar refractivity (Wildman–Crippen MR) is 49.3 cm³/mol. The van der Waals surface area contributed by atoms with E-state index in [1.165, 1.54) is 0 Å². The molecule has 0 spiro atoms. The first-order chi connectivity index (χ1) is 6.12. The molecule has 0 rings (SSSR count). The molecule has 0 aliphatic carbocycles. The Balaban J connectivity index is 3.49. The van der Waals surface area contributed by atoms with E-state index in [9.17, 15) is 9.46 Å². The smallest absolute Gasteiger partial charge is 0.267 e. The van der Waals surface area contributed by atoms with Gasteiger partial charge in [0.2, 0.25) is 0 Å². The average Bonchev–Trinajstić information content (AvgIpc) is 2.05. The summed E-state index contributed by atoms with van der Waals surface area (Å²) in [7, 11) is -4.00. The molecule has 0 heterocycles. The minimum Gasteiger partial charge on any atom is -0.756 e. The highest BCUT2D eigenvalue weighted by Crippen LogP contribution is 2.38. The lowest BCUT2D eigenvalue weighted by molar-refractivity contribution is -0.225. The van der Waals surface area contributed by atoms with Crippen LogP contribution in [0.4, 0.5) is 0 Å². The van der Waals surface area contributed by atoms with Gasteiger partial charge in [-0.25, -0.2) is 0 Å². The van der Waals surface area contributed by atoms with Crippen LogP contribution in [-0.4, -0.2) is 13.2 Å². The Labute approximate surface area is 79.9 Å². The van der Waals surface area contributed by atoms with Crippen LogP contribution in [0.15, 0.2) is 0 Å². The number of hydrogen-bond acceptors (Lipinski definition) is 4. The molecule has 5 heteroatoms. The third-order valence-corrected chi connectivity index (χ3v) is 2.49. The van der Waals surface area contributed by atoms with E-state index in [1.54, 1.807) is 0 Å². The van der Waals surface area contributed by atoms with Crippen LogP contribution >= 0.6 is 7.82 Å². The maximum absolute atomic E-state index is 11.0. The van der Waals surface area contributed by atoms with Gasteiger partial charge < -0.3 is 13.9 Å². The van der Waals surface area contributed by atoms with Gasteiger partial charge in [0.15, 0.2) is 0 Å². The second kappa shape index (κ2) is 7.51. The molecule has 0 aromatic heterocycles. The van der Waals surface area contributed by atoms with Crippen LogP contribution in [0.25, 0.3) is 0 Å². The van der Waals surface area contributed by atoms with Gasteiger partial charge in [-0.05, 0) is 12.8 Å². The first-order valence-electron chi connectivity index (χ1n) is 4.72. The largest absolute Gasteiger partial charge is 0.756 e. The van der Waals surface area contributed by atoms with Gasteiger partial charge in [-0.3, -0.25) is 4.57 Å². The predicted octanol–water partition coefficient (Wildman–Crippen LogP) is 2.09. The number of hydrogen-bond donors (Lipinski definition) is 0. The Morgan fingerprint density at radius 3 is 1.77 bits per heavy atom. The van der Waals surface area contributed by atoms with Crippen LogP contribution < -0.4 is 4.89 Å². The molecule has 0 N–H and O–H groups in total. The zero-order valence-electron chi connectivity index (χ0n) is 8.32. The molecule has 0 aliphatic heterocycles. The molecule has 0 aromatic rings. The van der Waals surface area contributed by atoms with E-state index in [0.717, 1.165) is 25.7 Å². The number of phosphoric ester groups is 1. The molecule has 0 aliphatic rings. The van der Waals surface area contributed by atoms with Gasteiger partial charge in [0.05, 0.1) is 13.2 Å². The van der Waals surface area contributed by atoms with E-state index >= 15 is 0 Å². The molecular formula is C8H18O4P-. The SMILES string of the molecule is CCCCOP(=O)([O-])OCCCC. The Kier molecular flexibility index (Phi) is 7.57. The first kappa shape index (κ1) is 13.1. The second-order valence-electron chi connectivity index (χ2n) is 2.82. The fraction of sp³-hybridized carbons (Fsp3) is 1.00. The maximum Gasteiger partial charge on any atom is 0.267 e. The van der Waals surface area contributed by atoms with Crippen molar-refractivity contribution in [1.82, 2.24) is 0 Å². The fourth-order valence-corrected chi connectivity index (χ4v) is 1.46. The van der Waals surface area contributed by atoms with E-state index in [4.69, 9.17) is 0 Å². The van der Waals surface area contributed by atoms with E-state index in [2.05, 4.69) is 9.05 Å². The van der Waals surface area contributed by atoms with Gasteiger partial charge in [0.1, 0.15) is 0 Å². The molecule has 0 saturated carbocycles. The maximum atomic E-state index is 11.0. The summed E-state index contributed by atoms with van der Waals surface area (Å²) in [6, 6.07) is 0. The number of rotatable bonds is 8. The zero-order chi connectivity index (χ0) is 10.2. The van der Waals surface area contributed by atoms with Crippen molar-refractivity contribution in [2.45, 2.75) is 39.5 Å². The minimum atomic E-state index is -4.00. The molecule has 0 bridgehead atoms. The lowest BCUT2D eigenvalue weighted by Crippen LogP contribution is -2.09. The molecule has 0 saturated heterocycles. The van der Waals surface area contributed by atoms with Gasteiger partial charge in [-0.2, -0.15) is 0 Å². The Morgan fingerprint density at radius 1 is 1.08 bits per heavy atom. The Bertz CT molecular complexity index is 146. The molecule has 4 nitrogen and oxygen atoms in total. The van der Waals surface area contributed by atoms with E-state index in [0.29, 0.717) is 0 Å². The summed E-state index contributed by atoms with van der Waals surface area (Å²) >= 11 is 0. The van der Waals surface area contributed by atoms with E-state index in [1.807, 2.05) is 13.8 Å². The Hall–Kier alpha value is 0.110. The second-order valence-corrected chi connectivity index (χ2v) is 4.23. The summed E-state index contributed by atoms with van der Waals surface area (Å²) < 4.78 is 20.2. The van der Waals surface area contributed by atoms with Crippen molar-refractivity contribution in [1.29, 1.82) is 0 Å². The molecule has 0 fully saturated rings. The lowest BCUT2D eigenvalue weighted by Gasteiger charge is -2.22. The molecule has 13 heavy (non-hydrogen) atoms. The van der Waals surface area contributed by atoms with Crippen LogP contribution in [0.1, 0.15) is 39.5 Å². The summed E-state index contributed by atoms with van der Waals surface area (Å²) in [6.07, 6.45) is 3.30. The quantitative estimate of drug-likeness (QED) is 0.453. The highest BCUT2D eigenvalue weighted by molar-refractivity contribution is 7.45. The van der Waals surface area contributed by atoms with Crippen LogP contribution in [0.3, 0.4) is 0 Å². The summed E-state index contributed by atoms with van der Waals surface area (Å²) in [5.41, 5.74) is 0. The molecule has 0 atom stereocenters. The third kappa shape index (κ3) is 8.44. The summed E-state index contributed by atoms with van der Waals surface area (Å²) in [6.45, 7) is 4.39. The van der Waals surface area contributed by atoms with E-state index < -0.39 is 7.82 Å². The highest BCUT2D eigenvalue weighted by atomic mass is 31.2. The zero-order valence-corrected chi connectivity index (χ0v) is 9.22. The van der Waals surface area contributed by atoms with E-state index in [-0.39, 0.29) is 13.2 Å². The molecule has 80 valence electrons. The van der Waals surface area contributed by atoms with Crippen molar-refractivity contribution in [3.05, 3.63) is 0 Å². The van der Waals surface area contributed by atoms with Gasteiger partial charge in [-0.1, -0.05) is 26.7 Å². The average molecular weight is 209 g/mol. The normalized spacial score (nSPS) is 11.9.